The number of amides is 3. The van der Waals surface area contributed by atoms with Crippen LogP contribution < -0.4 is 10.6 Å². The second-order valence-electron chi connectivity index (χ2n) is 7.88. The highest BCUT2D eigenvalue weighted by atomic mass is 19.4. The Morgan fingerprint density at radius 2 is 1.82 bits per heavy atom. The van der Waals surface area contributed by atoms with E-state index in [2.05, 4.69) is 10.6 Å². The largest absolute Gasteiger partial charge is 0.416 e. The Balaban J connectivity index is 1.45. The minimum atomic E-state index is -4.48. The monoisotopic (exact) mass is 465 g/mol. The highest BCUT2D eigenvalue weighted by molar-refractivity contribution is 5.94. The molecule has 176 valence electrons. The summed E-state index contributed by atoms with van der Waals surface area (Å²) in [6.45, 7) is 1.87. The number of likely N-dealkylation sites (tertiary alicyclic amines) is 1. The Bertz CT molecular complexity index is 1060. The van der Waals surface area contributed by atoms with Gasteiger partial charge in [-0.05, 0) is 42.3 Å². The molecule has 0 saturated carbocycles. The molecular formula is C23H23F4N3O3. The van der Waals surface area contributed by atoms with E-state index in [0.29, 0.717) is 11.1 Å². The van der Waals surface area contributed by atoms with Crippen molar-refractivity contribution in [1.82, 2.24) is 15.5 Å². The molecule has 1 unspecified atom stereocenters. The lowest BCUT2D eigenvalue weighted by atomic mass is 10.1. The van der Waals surface area contributed by atoms with E-state index >= 15 is 0 Å². The van der Waals surface area contributed by atoms with Gasteiger partial charge in [0.25, 0.3) is 5.91 Å². The van der Waals surface area contributed by atoms with E-state index in [1.165, 1.54) is 29.2 Å². The molecule has 0 aliphatic carbocycles. The number of hydrogen-bond acceptors (Lipinski definition) is 3. The fraction of sp³-hybridized carbons (Fsp3) is 0.348. The first kappa shape index (κ1) is 24.2. The van der Waals surface area contributed by atoms with Gasteiger partial charge in [-0.25, -0.2) is 4.39 Å². The van der Waals surface area contributed by atoms with Crippen molar-refractivity contribution < 1.29 is 31.9 Å². The number of alkyl halides is 3. The summed E-state index contributed by atoms with van der Waals surface area (Å²) in [6, 6.07) is 8.85. The molecule has 0 bridgehead atoms. The molecular weight excluding hydrogens is 442 g/mol. The molecule has 1 aliphatic heterocycles. The maximum atomic E-state index is 13.6. The molecule has 0 spiro atoms. The van der Waals surface area contributed by atoms with Gasteiger partial charge in [0.2, 0.25) is 11.8 Å². The second kappa shape index (κ2) is 10.0. The van der Waals surface area contributed by atoms with Gasteiger partial charge in [-0.1, -0.05) is 18.2 Å². The molecule has 10 heteroatoms. The van der Waals surface area contributed by atoms with Crippen molar-refractivity contribution in [3.8, 4) is 0 Å². The summed E-state index contributed by atoms with van der Waals surface area (Å²) < 4.78 is 52.2. The van der Waals surface area contributed by atoms with Gasteiger partial charge < -0.3 is 15.5 Å². The number of nitrogens with zero attached hydrogens (tertiary/aromatic N) is 1. The molecule has 3 amide bonds. The maximum absolute atomic E-state index is 13.6. The molecule has 1 atom stereocenters. The summed E-state index contributed by atoms with van der Waals surface area (Å²) in [6.07, 6.45) is -4.52. The number of hydrogen-bond donors (Lipinski definition) is 2. The van der Waals surface area contributed by atoms with Crippen LogP contribution in [-0.2, 0) is 22.3 Å². The van der Waals surface area contributed by atoms with Crippen LogP contribution in [0.4, 0.5) is 17.6 Å². The number of aryl methyl sites for hydroxylation is 1. The SMILES string of the molecule is Cc1ccc(C(=O)NCCNC(=O)C2CC(=O)N(Cc3cccc(C(F)(F)F)c3)C2)cc1F. The standard InChI is InChI=1S/C23H23F4N3O3/c1-14-5-6-16(10-19(14)24)21(32)28-7-8-29-22(33)17-11-20(31)30(13-17)12-15-3-2-4-18(9-15)23(25,26)27/h2-6,9-10,17H,7-8,11-13H2,1H3,(H,28,32)(H,29,33). The number of benzene rings is 2. The van der Waals surface area contributed by atoms with E-state index in [1.807, 2.05) is 0 Å². The minimum absolute atomic E-state index is 0.0182. The van der Waals surface area contributed by atoms with Crippen LogP contribution in [0.2, 0.25) is 0 Å². The number of halogens is 4. The summed E-state index contributed by atoms with van der Waals surface area (Å²) in [5.74, 6) is -2.30. The fourth-order valence-corrected chi connectivity index (χ4v) is 3.51. The predicted molar refractivity (Wildman–Crippen MR) is 111 cm³/mol. The molecule has 0 radical (unpaired) electrons. The zero-order chi connectivity index (χ0) is 24.2. The van der Waals surface area contributed by atoms with E-state index < -0.39 is 29.4 Å². The van der Waals surface area contributed by atoms with Crippen LogP contribution in [0, 0.1) is 18.7 Å². The van der Waals surface area contributed by atoms with Crippen molar-refractivity contribution in [2.24, 2.45) is 5.92 Å². The quantitative estimate of drug-likeness (QED) is 0.488. The maximum Gasteiger partial charge on any atom is 0.416 e. The first-order chi connectivity index (χ1) is 15.5. The number of carbonyl (C=O) groups is 3. The zero-order valence-corrected chi connectivity index (χ0v) is 17.8. The van der Waals surface area contributed by atoms with Gasteiger partial charge in [0.15, 0.2) is 0 Å². The third-order valence-corrected chi connectivity index (χ3v) is 5.36. The summed E-state index contributed by atoms with van der Waals surface area (Å²) >= 11 is 0. The van der Waals surface area contributed by atoms with Crippen molar-refractivity contribution in [3.05, 3.63) is 70.5 Å². The van der Waals surface area contributed by atoms with Crippen LogP contribution in [0.25, 0.3) is 0 Å². The lowest BCUT2D eigenvalue weighted by molar-refractivity contribution is -0.137. The molecule has 3 rings (SSSR count). The predicted octanol–water partition coefficient (Wildman–Crippen LogP) is 3.05. The van der Waals surface area contributed by atoms with Crippen LogP contribution >= 0.6 is 0 Å². The van der Waals surface area contributed by atoms with Gasteiger partial charge >= 0.3 is 6.18 Å². The average molecular weight is 465 g/mol. The molecule has 1 heterocycles. The van der Waals surface area contributed by atoms with E-state index in [4.69, 9.17) is 0 Å². The molecule has 1 aliphatic rings. The van der Waals surface area contributed by atoms with E-state index in [0.717, 1.165) is 18.2 Å². The fourth-order valence-electron chi connectivity index (χ4n) is 3.51. The number of carbonyl (C=O) groups excluding carboxylic acids is 3. The minimum Gasteiger partial charge on any atom is -0.354 e. The molecule has 1 saturated heterocycles. The average Bonchev–Trinajstić information content (AvgIpc) is 3.12. The lowest BCUT2D eigenvalue weighted by Gasteiger charge is -2.17. The highest BCUT2D eigenvalue weighted by Crippen LogP contribution is 2.30. The van der Waals surface area contributed by atoms with Crippen molar-refractivity contribution in [2.75, 3.05) is 19.6 Å². The molecule has 2 aromatic carbocycles. The van der Waals surface area contributed by atoms with Gasteiger partial charge in [0.1, 0.15) is 5.82 Å². The molecule has 1 fully saturated rings. The summed E-state index contributed by atoms with van der Waals surface area (Å²) in [7, 11) is 0. The van der Waals surface area contributed by atoms with Crippen molar-refractivity contribution in [1.29, 1.82) is 0 Å². The van der Waals surface area contributed by atoms with E-state index in [-0.39, 0.29) is 50.0 Å². The molecule has 0 aromatic heterocycles. The van der Waals surface area contributed by atoms with Crippen LogP contribution in [-0.4, -0.2) is 42.3 Å². The normalized spacial score (nSPS) is 16.1. The van der Waals surface area contributed by atoms with E-state index in [9.17, 15) is 31.9 Å². The van der Waals surface area contributed by atoms with Gasteiger partial charge in [-0.15, -0.1) is 0 Å². The van der Waals surface area contributed by atoms with Gasteiger partial charge in [-0.3, -0.25) is 14.4 Å². The summed E-state index contributed by atoms with van der Waals surface area (Å²) in [5, 5.41) is 5.20. The lowest BCUT2D eigenvalue weighted by Crippen LogP contribution is -2.38. The van der Waals surface area contributed by atoms with Gasteiger partial charge in [0, 0.05) is 38.2 Å². The Kier molecular flexibility index (Phi) is 7.35. The van der Waals surface area contributed by atoms with Crippen molar-refractivity contribution in [3.63, 3.8) is 0 Å². The van der Waals surface area contributed by atoms with Gasteiger partial charge in [0.05, 0.1) is 11.5 Å². The molecule has 33 heavy (non-hydrogen) atoms. The van der Waals surface area contributed by atoms with Crippen LogP contribution in [0.15, 0.2) is 42.5 Å². The first-order valence-electron chi connectivity index (χ1n) is 10.3. The Labute approximate surface area is 188 Å². The third-order valence-electron chi connectivity index (χ3n) is 5.36. The van der Waals surface area contributed by atoms with E-state index in [1.54, 1.807) is 6.92 Å². The van der Waals surface area contributed by atoms with Crippen LogP contribution in [0.3, 0.4) is 0 Å². The van der Waals surface area contributed by atoms with Crippen LogP contribution in [0.1, 0.15) is 33.5 Å². The van der Waals surface area contributed by atoms with Crippen molar-refractivity contribution >= 4 is 17.7 Å². The summed E-state index contributed by atoms with van der Waals surface area (Å²) in [4.78, 5) is 38.0. The third kappa shape index (κ3) is 6.30. The number of rotatable bonds is 7. The van der Waals surface area contributed by atoms with Gasteiger partial charge in [-0.2, -0.15) is 13.2 Å². The Morgan fingerprint density at radius 1 is 1.09 bits per heavy atom. The topological polar surface area (TPSA) is 78.5 Å². The molecule has 6 nitrogen and oxygen atoms in total. The zero-order valence-electron chi connectivity index (χ0n) is 17.8. The first-order valence-corrected chi connectivity index (χ1v) is 10.3. The second-order valence-corrected chi connectivity index (χ2v) is 7.88. The smallest absolute Gasteiger partial charge is 0.354 e. The Morgan fingerprint density at radius 3 is 2.52 bits per heavy atom. The molecule has 2 N–H and O–H groups in total. The summed E-state index contributed by atoms with van der Waals surface area (Å²) in [5.41, 5.74) is 0.119. The van der Waals surface area contributed by atoms with Crippen molar-refractivity contribution in [2.45, 2.75) is 26.1 Å². The highest BCUT2D eigenvalue weighted by Gasteiger charge is 2.35. The number of nitrogens with one attached hydrogen (secondary N) is 2. The van der Waals surface area contributed by atoms with Crippen LogP contribution in [0.5, 0.6) is 0 Å². The molecule has 2 aromatic rings. The Hall–Kier alpha value is -3.43.